The van der Waals surface area contributed by atoms with Gasteiger partial charge in [-0.1, -0.05) is 37.0 Å². The molecule has 0 spiro atoms. The number of aromatic nitrogens is 5. The van der Waals surface area contributed by atoms with Crippen molar-refractivity contribution in [2.45, 2.75) is 26.8 Å². The second-order valence-electron chi connectivity index (χ2n) is 6.53. The summed E-state index contributed by atoms with van der Waals surface area (Å²) in [5.74, 6) is -0.234. The first kappa shape index (κ1) is 20.6. The third-order valence-corrected chi connectivity index (χ3v) is 4.49. The van der Waals surface area contributed by atoms with E-state index < -0.39 is 22.7 Å². The van der Waals surface area contributed by atoms with E-state index in [9.17, 15) is 14.4 Å². The zero-order valence-electron chi connectivity index (χ0n) is 15.3. The molecule has 0 aliphatic carbocycles. The van der Waals surface area contributed by atoms with Gasteiger partial charge in [0.15, 0.2) is 0 Å². The van der Waals surface area contributed by atoms with Gasteiger partial charge in [0.25, 0.3) is 5.56 Å². The smallest absolute Gasteiger partial charge is 0.392 e. The highest BCUT2D eigenvalue weighted by molar-refractivity contribution is 6.36. The van der Waals surface area contributed by atoms with Crippen LogP contribution in [0.3, 0.4) is 0 Å². The summed E-state index contributed by atoms with van der Waals surface area (Å²) in [6, 6.07) is 4.37. The number of benzene rings is 1. The zero-order chi connectivity index (χ0) is 21.3. The van der Waals surface area contributed by atoms with Crippen molar-refractivity contribution in [1.82, 2.24) is 24.5 Å². The minimum atomic E-state index is -0.894. The molecule has 0 aliphatic heterocycles. The molecule has 0 unspecified atom stereocenters. The van der Waals surface area contributed by atoms with Gasteiger partial charge in [-0.25, -0.2) is 9.59 Å². The number of H-pyrrole nitrogens is 1. The van der Waals surface area contributed by atoms with Gasteiger partial charge in [-0.2, -0.15) is 14.6 Å². The fraction of sp³-hybridized carbons (Fsp3) is 0.294. The van der Waals surface area contributed by atoms with Gasteiger partial charge in [0.2, 0.25) is 11.6 Å². The summed E-state index contributed by atoms with van der Waals surface area (Å²) < 4.78 is 7.17. The van der Waals surface area contributed by atoms with Crippen LogP contribution in [0.5, 0.6) is 0 Å². The Balaban J connectivity index is 2.00. The second-order valence-corrected chi connectivity index (χ2v) is 7.35. The van der Waals surface area contributed by atoms with Gasteiger partial charge in [-0.3, -0.25) is 9.78 Å². The monoisotopic (exact) mass is 436 g/mol. The van der Waals surface area contributed by atoms with Crippen LogP contribution in [0.2, 0.25) is 10.0 Å². The van der Waals surface area contributed by atoms with E-state index in [0.717, 1.165) is 4.68 Å². The summed E-state index contributed by atoms with van der Waals surface area (Å²) in [5.41, 5.74) is -1.67. The lowest BCUT2D eigenvalue weighted by molar-refractivity contribution is 0.423. The summed E-state index contributed by atoms with van der Waals surface area (Å²) in [5, 5.41) is 17.1. The molecule has 2 aromatic heterocycles. The molecule has 0 atom stereocenters. The Hall–Kier alpha value is -3.16. The number of nitrogens with one attached hydrogen (secondary N) is 1. The van der Waals surface area contributed by atoms with E-state index in [4.69, 9.17) is 32.9 Å². The molecule has 1 aromatic carbocycles. The fourth-order valence-corrected chi connectivity index (χ4v) is 3.17. The van der Waals surface area contributed by atoms with Crippen molar-refractivity contribution in [3.05, 3.63) is 70.7 Å². The number of halogens is 2. The maximum Gasteiger partial charge on any atom is 0.437 e. The van der Waals surface area contributed by atoms with Gasteiger partial charge in [0, 0.05) is 10.0 Å². The van der Waals surface area contributed by atoms with Crippen molar-refractivity contribution in [2.24, 2.45) is 5.92 Å². The van der Waals surface area contributed by atoms with Crippen LogP contribution in [-0.4, -0.2) is 24.5 Å². The number of aromatic amines is 1. The molecule has 10 nitrogen and oxygen atoms in total. The highest BCUT2D eigenvalue weighted by Crippen LogP contribution is 2.29. The van der Waals surface area contributed by atoms with E-state index >= 15 is 0 Å². The van der Waals surface area contributed by atoms with Gasteiger partial charge in [0.05, 0.1) is 18.7 Å². The second kappa shape index (κ2) is 8.06. The van der Waals surface area contributed by atoms with E-state index in [1.165, 1.54) is 16.8 Å². The molecular formula is C17H14Cl2N6O4. The fourth-order valence-electron chi connectivity index (χ4n) is 2.56. The third-order valence-electron chi connectivity index (χ3n) is 3.82. The Morgan fingerprint density at radius 2 is 1.86 bits per heavy atom. The minimum Gasteiger partial charge on any atom is -0.392 e. The van der Waals surface area contributed by atoms with Gasteiger partial charge >= 0.3 is 11.4 Å². The molecule has 29 heavy (non-hydrogen) atoms. The molecule has 0 radical (unpaired) electrons. The molecule has 3 rings (SSSR count). The standard InChI is InChI=1S/C17H14Cl2N6O4/c1-8(2)7-24-17(28)29-14(23-24)5-10-11(18)3-9(4-12(10)19)25-16(27)21-15(26)13(6-20)22-25/h3-4,8H,5,7H2,1-2H3,(H,21,26,27). The lowest BCUT2D eigenvalue weighted by Gasteiger charge is -2.09. The molecule has 0 saturated heterocycles. The van der Waals surface area contributed by atoms with Crippen molar-refractivity contribution < 1.29 is 4.42 Å². The summed E-state index contributed by atoms with van der Waals surface area (Å²) in [6.45, 7) is 4.29. The van der Waals surface area contributed by atoms with Crippen molar-refractivity contribution in [3.63, 3.8) is 0 Å². The van der Waals surface area contributed by atoms with E-state index in [-0.39, 0.29) is 34.0 Å². The lowest BCUT2D eigenvalue weighted by atomic mass is 10.1. The Kier molecular flexibility index (Phi) is 5.72. The zero-order valence-corrected chi connectivity index (χ0v) is 16.8. The molecule has 12 heteroatoms. The van der Waals surface area contributed by atoms with Crippen molar-refractivity contribution in [1.29, 1.82) is 5.26 Å². The van der Waals surface area contributed by atoms with E-state index in [1.54, 1.807) is 6.07 Å². The topological polar surface area (TPSA) is 140 Å². The summed E-state index contributed by atoms with van der Waals surface area (Å²) in [4.78, 5) is 37.4. The van der Waals surface area contributed by atoms with E-state index in [1.807, 2.05) is 18.8 Å². The molecule has 0 aliphatic rings. The number of hydrogen-bond acceptors (Lipinski definition) is 7. The number of nitriles is 1. The normalized spacial score (nSPS) is 11.0. The third kappa shape index (κ3) is 4.31. The number of rotatable bonds is 5. The maximum atomic E-state index is 12.0. The Morgan fingerprint density at radius 3 is 2.45 bits per heavy atom. The molecular weight excluding hydrogens is 423 g/mol. The van der Waals surface area contributed by atoms with Gasteiger partial charge < -0.3 is 4.42 Å². The Bertz CT molecular complexity index is 1270. The lowest BCUT2D eigenvalue weighted by Crippen LogP contribution is -2.33. The first-order valence-corrected chi connectivity index (χ1v) is 9.14. The van der Waals surface area contributed by atoms with Gasteiger partial charge in [0.1, 0.15) is 6.07 Å². The average molecular weight is 437 g/mol. The SMILES string of the molecule is CC(C)Cn1nc(Cc2c(Cl)cc(-n3nc(C#N)c(=O)[nH]c3=O)cc2Cl)oc1=O. The van der Waals surface area contributed by atoms with Crippen molar-refractivity contribution >= 4 is 23.2 Å². The largest absolute Gasteiger partial charge is 0.437 e. The summed E-state index contributed by atoms with van der Waals surface area (Å²) in [7, 11) is 0. The van der Waals surface area contributed by atoms with E-state index in [0.29, 0.717) is 12.1 Å². The summed E-state index contributed by atoms with van der Waals surface area (Å²) >= 11 is 12.6. The van der Waals surface area contributed by atoms with Crippen molar-refractivity contribution in [3.8, 4) is 11.8 Å². The van der Waals surface area contributed by atoms with Crippen LogP contribution >= 0.6 is 23.2 Å². The number of hydrogen-bond donors (Lipinski definition) is 1. The Morgan fingerprint density at radius 1 is 1.21 bits per heavy atom. The van der Waals surface area contributed by atoms with Crippen LogP contribution in [0.25, 0.3) is 5.69 Å². The number of nitrogens with zero attached hydrogens (tertiary/aromatic N) is 5. The molecule has 150 valence electrons. The van der Waals surface area contributed by atoms with Crippen LogP contribution in [0, 0.1) is 17.2 Å². The van der Waals surface area contributed by atoms with Gasteiger partial charge in [-0.15, -0.1) is 10.2 Å². The first-order chi connectivity index (χ1) is 13.7. The minimum absolute atomic E-state index is 0.0513. The van der Waals surface area contributed by atoms with Crippen molar-refractivity contribution in [2.75, 3.05) is 0 Å². The van der Waals surface area contributed by atoms with Gasteiger partial charge in [-0.05, 0) is 23.6 Å². The maximum absolute atomic E-state index is 12.0. The van der Waals surface area contributed by atoms with Crippen LogP contribution in [-0.2, 0) is 13.0 Å². The summed E-state index contributed by atoms with van der Waals surface area (Å²) in [6.07, 6.45) is 0.0513. The quantitative estimate of drug-likeness (QED) is 0.638. The van der Waals surface area contributed by atoms with E-state index in [2.05, 4.69) is 10.2 Å². The van der Waals surface area contributed by atoms with Crippen LogP contribution in [0.4, 0.5) is 0 Å². The molecule has 3 aromatic rings. The molecule has 0 fully saturated rings. The molecule has 0 saturated carbocycles. The predicted molar refractivity (Wildman–Crippen MR) is 104 cm³/mol. The predicted octanol–water partition coefficient (Wildman–Crippen LogP) is 1.50. The highest BCUT2D eigenvalue weighted by Gasteiger charge is 2.17. The van der Waals surface area contributed by atoms with Crippen LogP contribution in [0.15, 0.2) is 30.9 Å². The molecule has 0 bridgehead atoms. The van der Waals surface area contributed by atoms with Crippen LogP contribution in [0.1, 0.15) is 31.0 Å². The highest BCUT2D eigenvalue weighted by atomic mass is 35.5. The molecule has 2 heterocycles. The molecule has 0 amide bonds. The first-order valence-electron chi connectivity index (χ1n) is 8.38. The molecule has 1 N–H and O–H groups in total. The van der Waals surface area contributed by atoms with Crippen LogP contribution < -0.4 is 17.0 Å². The average Bonchev–Trinajstić information content (AvgIpc) is 2.96. The Labute approximate surface area is 172 Å².